The highest BCUT2D eigenvalue weighted by atomic mass is 35.5. The Labute approximate surface area is 95.1 Å². The van der Waals surface area contributed by atoms with Crippen LogP contribution in [0.2, 0.25) is 5.02 Å². The van der Waals surface area contributed by atoms with Crippen molar-refractivity contribution < 1.29 is 0 Å². The molecule has 1 fully saturated rings. The van der Waals surface area contributed by atoms with Gasteiger partial charge in [-0.05, 0) is 37.5 Å². The summed E-state index contributed by atoms with van der Waals surface area (Å²) < 4.78 is 0. The van der Waals surface area contributed by atoms with E-state index in [-0.39, 0.29) is 0 Å². The molecule has 0 heterocycles. The quantitative estimate of drug-likeness (QED) is 0.766. The van der Waals surface area contributed by atoms with Crippen LogP contribution in [0.4, 0.5) is 5.69 Å². The molecule has 2 rings (SSSR count). The summed E-state index contributed by atoms with van der Waals surface area (Å²) in [6, 6.07) is 8.33. The van der Waals surface area contributed by atoms with Crippen molar-refractivity contribution in [3.05, 3.63) is 28.8 Å². The molecular formula is C12H13ClN2. The van der Waals surface area contributed by atoms with E-state index in [1.54, 1.807) is 6.07 Å². The minimum absolute atomic E-state index is 0.543. The fourth-order valence-corrected chi connectivity index (χ4v) is 2.02. The zero-order valence-corrected chi connectivity index (χ0v) is 9.46. The Balaban J connectivity index is 2.22. The van der Waals surface area contributed by atoms with E-state index in [0.717, 1.165) is 5.69 Å². The van der Waals surface area contributed by atoms with Crippen LogP contribution in [0, 0.1) is 11.3 Å². The van der Waals surface area contributed by atoms with Crippen LogP contribution >= 0.6 is 11.6 Å². The smallest absolute Gasteiger partial charge is 0.101 e. The number of nitriles is 1. The average Bonchev–Trinajstić information content (AvgIpc) is 2.15. The Kier molecular flexibility index (Phi) is 2.83. The van der Waals surface area contributed by atoms with E-state index in [1.807, 2.05) is 12.1 Å². The predicted octanol–water partition coefficient (Wildman–Crippen LogP) is 3.20. The third kappa shape index (κ3) is 1.93. The van der Waals surface area contributed by atoms with Crippen LogP contribution in [0.25, 0.3) is 0 Å². The number of hydrogen-bond acceptors (Lipinski definition) is 2. The molecule has 1 aliphatic rings. The first kappa shape index (κ1) is 10.3. The zero-order chi connectivity index (χ0) is 10.8. The zero-order valence-electron chi connectivity index (χ0n) is 8.70. The van der Waals surface area contributed by atoms with Crippen LogP contribution in [0.15, 0.2) is 18.2 Å². The van der Waals surface area contributed by atoms with Gasteiger partial charge in [0.15, 0.2) is 0 Å². The van der Waals surface area contributed by atoms with Crippen LogP contribution in [0.3, 0.4) is 0 Å². The Hall–Kier alpha value is -1.20. The number of halogens is 1. The van der Waals surface area contributed by atoms with E-state index in [2.05, 4.69) is 18.0 Å². The summed E-state index contributed by atoms with van der Waals surface area (Å²) in [7, 11) is 2.08. The third-order valence-corrected chi connectivity index (χ3v) is 3.42. The number of rotatable bonds is 2. The van der Waals surface area contributed by atoms with Gasteiger partial charge in [0.05, 0.1) is 10.6 Å². The first-order valence-corrected chi connectivity index (χ1v) is 5.52. The Morgan fingerprint density at radius 3 is 2.67 bits per heavy atom. The summed E-state index contributed by atoms with van der Waals surface area (Å²) in [6.07, 6.45) is 3.83. The topological polar surface area (TPSA) is 27.0 Å². The van der Waals surface area contributed by atoms with Gasteiger partial charge >= 0.3 is 0 Å². The normalized spacial score (nSPS) is 15.5. The number of hydrogen-bond donors (Lipinski definition) is 0. The van der Waals surface area contributed by atoms with Crippen molar-refractivity contribution in [2.24, 2.45) is 0 Å². The highest BCUT2D eigenvalue weighted by molar-refractivity contribution is 6.32. The maximum atomic E-state index is 8.77. The molecular weight excluding hydrogens is 208 g/mol. The van der Waals surface area contributed by atoms with E-state index in [0.29, 0.717) is 16.6 Å². The molecule has 1 aliphatic carbocycles. The first-order valence-electron chi connectivity index (χ1n) is 5.15. The minimum atomic E-state index is 0.543. The second kappa shape index (κ2) is 4.12. The number of nitrogens with zero attached hydrogens (tertiary/aromatic N) is 2. The summed E-state index contributed by atoms with van der Waals surface area (Å²) in [5.74, 6) is 0. The molecule has 0 unspecified atom stereocenters. The van der Waals surface area contributed by atoms with Crippen LogP contribution in [-0.4, -0.2) is 13.1 Å². The molecule has 0 N–H and O–H groups in total. The first-order chi connectivity index (χ1) is 7.22. The Morgan fingerprint density at radius 1 is 1.47 bits per heavy atom. The van der Waals surface area contributed by atoms with Crippen LogP contribution in [0.1, 0.15) is 24.8 Å². The average molecular weight is 221 g/mol. The van der Waals surface area contributed by atoms with Gasteiger partial charge in [-0.2, -0.15) is 5.26 Å². The molecule has 1 saturated carbocycles. The van der Waals surface area contributed by atoms with Crippen molar-refractivity contribution in [2.75, 3.05) is 11.9 Å². The van der Waals surface area contributed by atoms with Crippen molar-refractivity contribution in [2.45, 2.75) is 25.3 Å². The predicted molar refractivity (Wildman–Crippen MR) is 62.2 cm³/mol. The third-order valence-electron chi connectivity index (χ3n) is 3.10. The fourth-order valence-electron chi connectivity index (χ4n) is 1.80. The van der Waals surface area contributed by atoms with Gasteiger partial charge in [-0.1, -0.05) is 11.6 Å². The highest BCUT2D eigenvalue weighted by Gasteiger charge is 2.22. The Morgan fingerprint density at radius 2 is 2.20 bits per heavy atom. The van der Waals surface area contributed by atoms with E-state index in [1.165, 1.54) is 19.3 Å². The number of anilines is 1. The summed E-state index contributed by atoms with van der Waals surface area (Å²) >= 11 is 5.99. The van der Waals surface area contributed by atoms with Crippen molar-refractivity contribution >= 4 is 17.3 Å². The van der Waals surface area contributed by atoms with Crippen LogP contribution in [-0.2, 0) is 0 Å². The molecule has 0 aromatic heterocycles. The molecule has 2 nitrogen and oxygen atoms in total. The highest BCUT2D eigenvalue weighted by Crippen LogP contribution is 2.30. The maximum Gasteiger partial charge on any atom is 0.101 e. The molecule has 78 valence electrons. The van der Waals surface area contributed by atoms with Crippen molar-refractivity contribution in [3.8, 4) is 6.07 Å². The monoisotopic (exact) mass is 220 g/mol. The van der Waals surface area contributed by atoms with Gasteiger partial charge in [0.25, 0.3) is 0 Å². The van der Waals surface area contributed by atoms with Gasteiger partial charge in [0.2, 0.25) is 0 Å². The summed E-state index contributed by atoms with van der Waals surface area (Å²) in [6.45, 7) is 0. The lowest BCUT2D eigenvalue weighted by molar-refractivity contribution is 0.401. The molecule has 1 aromatic carbocycles. The van der Waals surface area contributed by atoms with E-state index >= 15 is 0 Å². The SMILES string of the molecule is CN(c1ccc(C#N)c(Cl)c1)C1CCC1. The van der Waals surface area contributed by atoms with Gasteiger partial charge in [0.1, 0.15) is 6.07 Å². The van der Waals surface area contributed by atoms with E-state index in [9.17, 15) is 0 Å². The summed E-state index contributed by atoms with van der Waals surface area (Å²) in [5.41, 5.74) is 1.64. The fraction of sp³-hybridized carbons (Fsp3) is 0.417. The molecule has 0 amide bonds. The lowest BCUT2D eigenvalue weighted by Gasteiger charge is -2.36. The van der Waals surface area contributed by atoms with Crippen molar-refractivity contribution in [3.63, 3.8) is 0 Å². The molecule has 0 atom stereocenters. The van der Waals surface area contributed by atoms with Gasteiger partial charge in [-0.15, -0.1) is 0 Å². The van der Waals surface area contributed by atoms with Crippen molar-refractivity contribution in [1.82, 2.24) is 0 Å². The minimum Gasteiger partial charge on any atom is -0.372 e. The molecule has 0 saturated heterocycles. The Bertz CT molecular complexity index is 405. The molecule has 3 heteroatoms. The van der Waals surface area contributed by atoms with Crippen LogP contribution in [0.5, 0.6) is 0 Å². The second-order valence-corrected chi connectivity index (χ2v) is 4.38. The lowest BCUT2D eigenvalue weighted by Crippen LogP contribution is -2.37. The lowest BCUT2D eigenvalue weighted by atomic mass is 9.91. The molecule has 1 aromatic rings. The largest absolute Gasteiger partial charge is 0.372 e. The molecule has 15 heavy (non-hydrogen) atoms. The maximum absolute atomic E-state index is 8.77. The van der Waals surface area contributed by atoms with Gasteiger partial charge < -0.3 is 4.90 Å². The summed E-state index contributed by atoms with van der Waals surface area (Å²) in [5, 5.41) is 9.31. The van der Waals surface area contributed by atoms with Gasteiger partial charge in [-0.3, -0.25) is 0 Å². The molecule has 0 aliphatic heterocycles. The molecule has 0 spiro atoms. The van der Waals surface area contributed by atoms with E-state index < -0.39 is 0 Å². The molecule has 0 bridgehead atoms. The summed E-state index contributed by atoms with van der Waals surface area (Å²) in [4.78, 5) is 2.25. The second-order valence-electron chi connectivity index (χ2n) is 3.97. The number of benzene rings is 1. The van der Waals surface area contributed by atoms with E-state index in [4.69, 9.17) is 16.9 Å². The molecule has 0 radical (unpaired) electrons. The van der Waals surface area contributed by atoms with Gasteiger partial charge in [0, 0.05) is 18.8 Å². The van der Waals surface area contributed by atoms with Crippen molar-refractivity contribution in [1.29, 1.82) is 5.26 Å². The standard InChI is InChI=1S/C12H13ClN2/c1-15(10-3-2-4-10)11-6-5-9(8-14)12(13)7-11/h5-7,10H,2-4H2,1H3. The van der Waals surface area contributed by atoms with Crippen LogP contribution < -0.4 is 4.90 Å². The van der Waals surface area contributed by atoms with Gasteiger partial charge in [-0.25, -0.2) is 0 Å².